The van der Waals surface area contributed by atoms with E-state index in [4.69, 9.17) is 5.73 Å². The average Bonchev–Trinajstić information content (AvgIpc) is 3.46. The molecule has 0 aromatic heterocycles. The van der Waals surface area contributed by atoms with Crippen molar-refractivity contribution in [3.8, 4) is 0 Å². The Morgan fingerprint density at radius 2 is 0.476 bits per heavy atom. The van der Waals surface area contributed by atoms with Gasteiger partial charge in [-0.2, -0.15) is 0 Å². The fraction of sp³-hybridized carbons (Fsp3) is 0.825. The van der Waals surface area contributed by atoms with Gasteiger partial charge in [-0.1, -0.05) is 49.0 Å². The second-order valence-corrected chi connectivity index (χ2v) is 21.8. The second kappa shape index (κ2) is 39.9. The Kier molecular flexibility index (Phi) is 38.2. The molecule has 0 aromatic carbocycles. The van der Waals surface area contributed by atoms with Crippen LogP contribution in [0.4, 0.5) is 0 Å². The number of carbonyl (C=O) groups excluding carboxylic acids is 10. The SMILES string of the molecule is C.CCC(C)NCC(=O)N(CC(=O)N(CC(=O)N(CC(=O)N(CC(=O)N(CC(=O)N(CC(=O)N(CC(=O)N(CC(=O)N(CC(N)=O)C(C)CC)C(C)CC)C(C)CO)C(C)CO)C(C)CC)C(C)CC)C(C)CO)C(C)CO)C(C)CC. The number of amides is 10. The van der Waals surface area contributed by atoms with Gasteiger partial charge in [0.1, 0.15) is 52.4 Å². The van der Waals surface area contributed by atoms with Crippen molar-refractivity contribution in [2.75, 3.05) is 91.9 Å². The van der Waals surface area contributed by atoms with Gasteiger partial charge in [-0.15, -0.1) is 0 Å². The highest BCUT2D eigenvalue weighted by Gasteiger charge is 2.37. The van der Waals surface area contributed by atoms with Gasteiger partial charge < -0.3 is 75.6 Å². The van der Waals surface area contributed by atoms with Crippen molar-refractivity contribution < 1.29 is 68.4 Å². The molecule has 0 radical (unpaired) electrons. The molecule has 0 aliphatic rings. The Morgan fingerprint density at radius 3 is 0.634 bits per heavy atom. The zero-order valence-electron chi connectivity index (χ0n) is 51.9. The standard InChI is InChI=1S/C56H105N11O14.CH4/c1-17-37(7)58-23-48(73)60(39(9)19-3)25-53(78)66(45(15)35-70)31-55(80)65(44(14)34-69)30-52(77)62(41(11)21-5)27-50(75)63(42(12)22-6)28-54(79)67(46(16)36-71)32-56(81)64(43(13)33-68)29-51(76)61(40(10)20-4)26-49(74)59(24-47(57)72)38(8)18-2;/h37-46,58,68-71H,17-36H2,1-16H3,(H2,57,72);1H4. The molecule has 25 heteroatoms. The molecule has 476 valence electrons. The Morgan fingerprint density at radius 1 is 0.305 bits per heavy atom. The molecule has 10 atom stereocenters. The van der Waals surface area contributed by atoms with Crippen LogP contribution in [0.5, 0.6) is 0 Å². The molecule has 0 heterocycles. The molecule has 0 saturated carbocycles. The number of aliphatic hydroxyl groups is 4. The van der Waals surface area contributed by atoms with E-state index in [0.717, 1.165) is 26.0 Å². The number of aliphatic hydroxyl groups excluding tert-OH is 4. The van der Waals surface area contributed by atoms with Gasteiger partial charge in [0.25, 0.3) is 0 Å². The van der Waals surface area contributed by atoms with E-state index in [0.29, 0.717) is 32.1 Å². The van der Waals surface area contributed by atoms with E-state index in [-0.39, 0.29) is 44.5 Å². The van der Waals surface area contributed by atoms with E-state index < -0.39 is 174 Å². The topological polar surface area (TPSA) is 319 Å². The summed E-state index contributed by atoms with van der Waals surface area (Å²) in [6.45, 7) is 20.4. The molecule has 82 heavy (non-hydrogen) atoms. The molecule has 10 unspecified atom stereocenters. The molecule has 0 bridgehead atoms. The van der Waals surface area contributed by atoms with Gasteiger partial charge in [-0.05, 0) is 108 Å². The Bertz CT molecular complexity index is 2020. The van der Waals surface area contributed by atoms with Crippen LogP contribution in [0.3, 0.4) is 0 Å². The molecule has 25 nitrogen and oxygen atoms in total. The summed E-state index contributed by atoms with van der Waals surface area (Å²) in [5, 5.41) is 44.4. The summed E-state index contributed by atoms with van der Waals surface area (Å²) in [7, 11) is 0. The third-order valence-electron chi connectivity index (χ3n) is 15.7. The van der Waals surface area contributed by atoms with Crippen molar-refractivity contribution in [3.63, 3.8) is 0 Å². The lowest BCUT2D eigenvalue weighted by Gasteiger charge is -2.38. The summed E-state index contributed by atoms with van der Waals surface area (Å²) in [5.74, 6) is -6.53. The normalized spacial score (nSPS) is 14.8. The lowest BCUT2D eigenvalue weighted by Crippen LogP contribution is -2.58. The van der Waals surface area contributed by atoms with Crippen molar-refractivity contribution in [2.24, 2.45) is 5.73 Å². The number of nitrogens with one attached hydrogen (secondary N) is 1. The monoisotopic (exact) mass is 1170 g/mol. The average molecular weight is 1170 g/mol. The molecular formula is C57H109N11O14. The molecule has 7 N–H and O–H groups in total. The number of hydrogen-bond donors (Lipinski definition) is 6. The maximum atomic E-state index is 14.6. The molecule has 10 amide bonds. The third-order valence-corrected chi connectivity index (χ3v) is 15.7. The van der Waals surface area contributed by atoms with E-state index in [9.17, 15) is 68.4 Å². The van der Waals surface area contributed by atoms with Crippen LogP contribution in [-0.4, -0.2) is 276 Å². The van der Waals surface area contributed by atoms with Crippen LogP contribution in [0.2, 0.25) is 0 Å². The minimum atomic E-state index is -0.997. The number of nitrogens with zero attached hydrogens (tertiary/aromatic N) is 9. The van der Waals surface area contributed by atoms with Gasteiger partial charge in [-0.25, -0.2) is 0 Å². The fourth-order valence-corrected chi connectivity index (χ4v) is 8.47. The number of nitrogens with two attached hydrogens (primary N) is 1. The van der Waals surface area contributed by atoms with Crippen LogP contribution in [0.1, 0.15) is 157 Å². The molecule has 0 aliphatic carbocycles. The van der Waals surface area contributed by atoms with Crippen LogP contribution in [0.15, 0.2) is 0 Å². The molecular weight excluding hydrogens is 1060 g/mol. The van der Waals surface area contributed by atoms with E-state index in [1.807, 2.05) is 27.7 Å². The maximum absolute atomic E-state index is 14.6. The highest BCUT2D eigenvalue weighted by molar-refractivity contribution is 5.94. The Hall–Kier alpha value is -5.50. The number of hydrogen-bond acceptors (Lipinski definition) is 15. The molecule has 0 saturated heterocycles. The predicted molar refractivity (Wildman–Crippen MR) is 314 cm³/mol. The van der Waals surface area contributed by atoms with Crippen molar-refractivity contribution >= 4 is 59.1 Å². The smallest absolute Gasteiger partial charge is 0.242 e. The largest absolute Gasteiger partial charge is 0.394 e. The van der Waals surface area contributed by atoms with Gasteiger partial charge in [-0.3, -0.25) is 47.9 Å². The lowest BCUT2D eigenvalue weighted by atomic mass is 10.1. The summed E-state index contributed by atoms with van der Waals surface area (Å²) in [6.07, 6.45) is 2.93. The van der Waals surface area contributed by atoms with Crippen molar-refractivity contribution in [1.29, 1.82) is 0 Å². The van der Waals surface area contributed by atoms with E-state index >= 15 is 0 Å². The number of carbonyl (C=O) groups is 10. The lowest BCUT2D eigenvalue weighted by molar-refractivity contribution is -0.153. The Balaban J connectivity index is 0. The summed E-state index contributed by atoms with van der Waals surface area (Å²) in [4.78, 5) is 150. The van der Waals surface area contributed by atoms with Crippen LogP contribution in [0.25, 0.3) is 0 Å². The van der Waals surface area contributed by atoms with Crippen LogP contribution < -0.4 is 11.1 Å². The van der Waals surface area contributed by atoms with Crippen LogP contribution >= 0.6 is 0 Å². The highest BCUT2D eigenvalue weighted by atomic mass is 16.3. The van der Waals surface area contributed by atoms with Gasteiger partial charge in [0.05, 0.1) is 63.7 Å². The van der Waals surface area contributed by atoms with Gasteiger partial charge in [0.2, 0.25) is 59.1 Å². The molecule has 0 rings (SSSR count). The van der Waals surface area contributed by atoms with Crippen molar-refractivity contribution in [1.82, 2.24) is 49.4 Å². The summed E-state index contributed by atoms with van der Waals surface area (Å²) in [6, 6.07) is -6.20. The quantitative estimate of drug-likeness (QED) is 0.0486. The summed E-state index contributed by atoms with van der Waals surface area (Å²) < 4.78 is 0. The highest BCUT2D eigenvalue weighted by Crippen LogP contribution is 2.17. The molecule has 0 fully saturated rings. The summed E-state index contributed by atoms with van der Waals surface area (Å²) in [5.41, 5.74) is 5.45. The zero-order valence-corrected chi connectivity index (χ0v) is 51.9. The Labute approximate surface area is 490 Å². The molecule has 0 spiro atoms. The van der Waals surface area contributed by atoms with Crippen LogP contribution in [0, 0.1) is 0 Å². The second-order valence-electron chi connectivity index (χ2n) is 21.8. The van der Waals surface area contributed by atoms with Crippen LogP contribution in [-0.2, 0) is 47.9 Å². The van der Waals surface area contributed by atoms with Crippen molar-refractivity contribution in [3.05, 3.63) is 0 Å². The summed E-state index contributed by atoms with van der Waals surface area (Å²) >= 11 is 0. The van der Waals surface area contributed by atoms with E-state index in [1.54, 1.807) is 55.4 Å². The van der Waals surface area contributed by atoms with Gasteiger partial charge in [0, 0.05) is 36.3 Å². The first-order valence-corrected chi connectivity index (χ1v) is 29.1. The number of primary amides is 1. The predicted octanol–water partition coefficient (Wildman–Crippen LogP) is 0.469. The minimum Gasteiger partial charge on any atom is -0.394 e. The van der Waals surface area contributed by atoms with Gasteiger partial charge >= 0.3 is 0 Å². The zero-order chi connectivity index (χ0) is 62.6. The van der Waals surface area contributed by atoms with Crippen molar-refractivity contribution in [2.45, 2.75) is 217 Å². The first-order chi connectivity index (χ1) is 37.9. The third kappa shape index (κ3) is 24.8. The molecule has 0 aliphatic heterocycles. The van der Waals surface area contributed by atoms with E-state index in [1.165, 1.54) is 52.2 Å². The van der Waals surface area contributed by atoms with Gasteiger partial charge in [0.15, 0.2) is 0 Å². The maximum Gasteiger partial charge on any atom is 0.242 e. The number of rotatable bonds is 40. The first-order valence-electron chi connectivity index (χ1n) is 29.1. The van der Waals surface area contributed by atoms with E-state index in [2.05, 4.69) is 5.32 Å². The molecule has 0 aromatic rings. The first kappa shape index (κ1) is 78.6. The fourth-order valence-electron chi connectivity index (χ4n) is 8.47. The minimum absolute atomic E-state index is 0.